The Labute approximate surface area is 178 Å². The van der Waals surface area contributed by atoms with Gasteiger partial charge in [-0.1, -0.05) is 54.1 Å². The first-order chi connectivity index (χ1) is 15.1. The highest BCUT2D eigenvalue weighted by Gasteiger charge is 2.23. The van der Waals surface area contributed by atoms with Crippen molar-refractivity contribution in [2.24, 2.45) is 0 Å². The van der Waals surface area contributed by atoms with E-state index in [2.05, 4.69) is 4.98 Å². The van der Waals surface area contributed by atoms with Crippen LogP contribution in [0.3, 0.4) is 0 Å². The normalized spacial score (nSPS) is 11.3. The van der Waals surface area contributed by atoms with E-state index in [1.165, 1.54) is 0 Å². The first-order valence-corrected chi connectivity index (χ1v) is 10.2. The molecule has 3 aromatic heterocycles. The third kappa shape index (κ3) is 3.06. The lowest BCUT2D eigenvalue weighted by Crippen LogP contribution is -2.06. The van der Waals surface area contributed by atoms with E-state index in [-0.39, 0.29) is 12.4 Å². The maximum atomic E-state index is 13.6. The number of hydrogen-bond acceptors (Lipinski definition) is 4. The van der Waals surface area contributed by atoms with Crippen LogP contribution in [0, 0.1) is 6.92 Å². The van der Waals surface area contributed by atoms with Gasteiger partial charge in [0.2, 0.25) is 5.78 Å². The van der Waals surface area contributed by atoms with E-state index in [1.54, 1.807) is 19.2 Å². The fourth-order valence-electron chi connectivity index (χ4n) is 4.01. The minimum Gasteiger partial charge on any atom is -0.462 e. The number of hydrogen-bond donors (Lipinski definition) is 0. The summed E-state index contributed by atoms with van der Waals surface area (Å²) in [6.45, 7) is 4.00. The third-order valence-electron chi connectivity index (χ3n) is 5.50. The molecule has 0 aliphatic rings. The molecule has 5 aromatic rings. The van der Waals surface area contributed by atoms with Crippen LogP contribution in [0.15, 0.2) is 72.9 Å². The number of aryl methyl sites for hydroxylation is 1. The van der Waals surface area contributed by atoms with Crippen LogP contribution < -0.4 is 0 Å². The van der Waals surface area contributed by atoms with E-state index in [0.717, 1.165) is 27.4 Å². The summed E-state index contributed by atoms with van der Waals surface area (Å²) < 4.78 is 7.12. The number of ether oxygens (including phenoxy) is 1. The van der Waals surface area contributed by atoms with Gasteiger partial charge >= 0.3 is 5.97 Å². The predicted octanol–water partition coefficient (Wildman–Crippen LogP) is 5.36. The molecule has 0 saturated heterocycles. The van der Waals surface area contributed by atoms with Gasteiger partial charge in [-0.2, -0.15) is 0 Å². The largest absolute Gasteiger partial charge is 0.462 e. The van der Waals surface area contributed by atoms with Crippen molar-refractivity contribution in [3.8, 4) is 0 Å². The smallest absolute Gasteiger partial charge is 0.340 e. The summed E-state index contributed by atoms with van der Waals surface area (Å²) >= 11 is 0. The van der Waals surface area contributed by atoms with Gasteiger partial charge in [0.05, 0.1) is 34.4 Å². The second-order valence-corrected chi connectivity index (χ2v) is 7.49. The average Bonchev–Trinajstić information content (AvgIpc) is 3.19. The highest BCUT2D eigenvalue weighted by atomic mass is 16.5. The highest BCUT2D eigenvalue weighted by Crippen LogP contribution is 2.30. The quantitative estimate of drug-likeness (QED) is 0.228. The van der Waals surface area contributed by atoms with E-state index < -0.39 is 5.97 Å². The van der Waals surface area contributed by atoms with E-state index >= 15 is 0 Å². The van der Waals surface area contributed by atoms with Crippen molar-refractivity contribution >= 4 is 39.1 Å². The van der Waals surface area contributed by atoms with E-state index in [0.29, 0.717) is 22.3 Å². The average molecular weight is 408 g/mol. The summed E-state index contributed by atoms with van der Waals surface area (Å²) in [4.78, 5) is 30.9. The molecule has 152 valence electrons. The topological polar surface area (TPSA) is 60.7 Å². The number of carbonyl (C=O) groups excluding carboxylic acids is 2. The van der Waals surface area contributed by atoms with Crippen LogP contribution >= 0.6 is 0 Å². The predicted molar refractivity (Wildman–Crippen MR) is 121 cm³/mol. The van der Waals surface area contributed by atoms with Crippen LogP contribution in [-0.2, 0) is 4.74 Å². The molecule has 2 aromatic carbocycles. The molecule has 0 amide bonds. The first kappa shape index (κ1) is 19.0. The molecule has 5 rings (SSSR count). The molecule has 0 atom stereocenters. The lowest BCUT2D eigenvalue weighted by Gasteiger charge is -2.10. The third-order valence-corrected chi connectivity index (χ3v) is 5.50. The molecular formula is C26H20N2O3. The molecule has 0 N–H and O–H groups in total. The van der Waals surface area contributed by atoms with Crippen LogP contribution in [0.5, 0.6) is 0 Å². The van der Waals surface area contributed by atoms with Crippen molar-refractivity contribution in [3.05, 3.63) is 95.3 Å². The number of ketones is 1. The van der Waals surface area contributed by atoms with Gasteiger partial charge in [0.25, 0.3) is 0 Å². The van der Waals surface area contributed by atoms with Crippen LogP contribution in [0.25, 0.3) is 27.3 Å². The fourth-order valence-corrected chi connectivity index (χ4v) is 4.01. The maximum absolute atomic E-state index is 13.6. The molecule has 0 fully saturated rings. The number of aromatic nitrogens is 2. The minimum absolute atomic E-state index is 0.161. The first-order valence-electron chi connectivity index (χ1n) is 10.2. The van der Waals surface area contributed by atoms with Crippen LogP contribution in [0.2, 0.25) is 0 Å². The van der Waals surface area contributed by atoms with Gasteiger partial charge in [-0.05, 0) is 32.0 Å². The summed E-state index contributed by atoms with van der Waals surface area (Å²) in [5, 5.41) is 1.89. The van der Waals surface area contributed by atoms with Crippen molar-refractivity contribution in [3.63, 3.8) is 0 Å². The Hall–Kier alpha value is -3.99. The van der Waals surface area contributed by atoms with Gasteiger partial charge in [0.1, 0.15) is 0 Å². The monoisotopic (exact) mass is 408 g/mol. The Morgan fingerprint density at radius 2 is 1.71 bits per heavy atom. The van der Waals surface area contributed by atoms with Crippen LogP contribution in [-0.4, -0.2) is 27.7 Å². The molecule has 0 aliphatic heterocycles. The Balaban J connectivity index is 1.89. The van der Waals surface area contributed by atoms with Crippen molar-refractivity contribution in [1.82, 2.24) is 9.38 Å². The molecule has 0 spiro atoms. The molecule has 0 aliphatic carbocycles. The number of esters is 1. The van der Waals surface area contributed by atoms with Gasteiger partial charge < -0.3 is 9.14 Å². The minimum atomic E-state index is -0.449. The number of pyridine rings is 2. The molecule has 0 unspecified atom stereocenters. The van der Waals surface area contributed by atoms with Gasteiger partial charge in [0, 0.05) is 22.5 Å². The number of fused-ring (bicyclic) bond motifs is 5. The van der Waals surface area contributed by atoms with Gasteiger partial charge in [-0.15, -0.1) is 0 Å². The molecule has 0 radical (unpaired) electrons. The van der Waals surface area contributed by atoms with Crippen molar-refractivity contribution < 1.29 is 14.3 Å². The molecule has 0 saturated carbocycles. The lowest BCUT2D eigenvalue weighted by atomic mass is 10.1. The summed E-state index contributed by atoms with van der Waals surface area (Å²) in [6.07, 6.45) is 1.73. The molecule has 5 nitrogen and oxygen atoms in total. The summed E-state index contributed by atoms with van der Waals surface area (Å²) in [5.41, 5.74) is 4.60. The molecule has 31 heavy (non-hydrogen) atoms. The standard InChI is InChI=1S/C26H20N2O3/c1-3-31-26(30)20-15-22(25(29)19-8-6-16(2)7-9-19)28-21(20)13-12-18-11-10-17-5-4-14-27-23(17)24(18)28/h4-15H,3H2,1-2H3. The van der Waals surface area contributed by atoms with Gasteiger partial charge in [0.15, 0.2) is 0 Å². The Morgan fingerprint density at radius 1 is 0.968 bits per heavy atom. The fraction of sp³-hybridized carbons (Fsp3) is 0.115. The van der Waals surface area contributed by atoms with Crippen LogP contribution in [0.1, 0.15) is 38.9 Å². The Bertz CT molecular complexity index is 1480. The van der Waals surface area contributed by atoms with Crippen LogP contribution in [0.4, 0.5) is 0 Å². The summed E-state index contributed by atoms with van der Waals surface area (Å²) in [6, 6.07) is 20.7. The van der Waals surface area contributed by atoms with Crippen molar-refractivity contribution in [2.75, 3.05) is 6.61 Å². The summed E-state index contributed by atoms with van der Waals surface area (Å²) in [5.74, 6) is -0.610. The number of benzene rings is 2. The SMILES string of the molecule is CCOC(=O)c1cc(C(=O)c2ccc(C)cc2)n2c1ccc1ccc3cccnc3c12. The second kappa shape index (κ2) is 7.36. The zero-order valence-corrected chi connectivity index (χ0v) is 17.3. The second-order valence-electron chi connectivity index (χ2n) is 7.49. The number of nitrogens with zero attached hydrogens (tertiary/aromatic N) is 2. The Morgan fingerprint density at radius 3 is 2.48 bits per heavy atom. The van der Waals surface area contributed by atoms with E-state index in [1.807, 2.05) is 72.0 Å². The lowest BCUT2D eigenvalue weighted by molar-refractivity contribution is 0.0529. The number of carbonyl (C=O) groups is 2. The Kier molecular flexibility index (Phi) is 4.51. The molecule has 5 heteroatoms. The molecule has 3 heterocycles. The summed E-state index contributed by atoms with van der Waals surface area (Å²) in [7, 11) is 0. The van der Waals surface area contributed by atoms with Gasteiger partial charge in [-0.25, -0.2) is 4.79 Å². The van der Waals surface area contributed by atoms with Gasteiger partial charge in [-0.3, -0.25) is 9.78 Å². The number of rotatable bonds is 4. The maximum Gasteiger partial charge on any atom is 0.340 e. The highest BCUT2D eigenvalue weighted by molar-refractivity contribution is 6.14. The van der Waals surface area contributed by atoms with E-state index in [4.69, 9.17) is 4.74 Å². The molecule has 0 bridgehead atoms. The van der Waals surface area contributed by atoms with Crippen molar-refractivity contribution in [1.29, 1.82) is 0 Å². The zero-order chi connectivity index (χ0) is 21.5. The zero-order valence-electron chi connectivity index (χ0n) is 17.3. The molecular weight excluding hydrogens is 388 g/mol. The van der Waals surface area contributed by atoms with Crippen molar-refractivity contribution in [2.45, 2.75) is 13.8 Å². The van der Waals surface area contributed by atoms with E-state index in [9.17, 15) is 9.59 Å².